The molecule has 0 saturated carbocycles. The molecule has 0 atom stereocenters. The maximum Gasteiger partial charge on any atom is 0.234 e. The molecule has 0 fully saturated rings. The molecule has 0 aliphatic rings. The largest absolute Gasteiger partial charge is 0.497 e. The molecule has 26 heavy (non-hydrogen) atoms. The summed E-state index contributed by atoms with van der Waals surface area (Å²) < 4.78 is 6.43. The first-order chi connectivity index (χ1) is 12.6. The van der Waals surface area contributed by atoms with Gasteiger partial charge in [0.1, 0.15) is 5.75 Å². The van der Waals surface area contributed by atoms with Crippen molar-refractivity contribution < 1.29 is 9.53 Å². The molecule has 1 amide bonds. The third kappa shape index (κ3) is 4.27. The lowest BCUT2D eigenvalue weighted by molar-refractivity contribution is -0.113. The minimum absolute atomic E-state index is 0.150. The quantitative estimate of drug-likeness (QED) is 0.497. The van der Waals surface area contributed by atoms with Crippen LogP contribution in [0.1, 0.15) is 0 Å². The number of halogens is 1. The highest BCUT2D eigenvalue weighted by molar-refractivity contribution is 7.99. The zero-order valence-corrected chi connectivity index (χ0v) is 15.4. The number of nitrogens with one attached hydrogen (secondary N) is 1. The summed E-state index contributed by atoms with van der Waals surface area (Å²) in [7, 11) is 1.59. The first-order valence-electron chi connectivity index (χ1n) is 7.60. The van der Waals surface area contributed by atoms with Gasteiger partial charge >= 0.3 is 0 Å². The summed E-state index contributed by atoms with van der Waals surface area (Å²) in [5.74, 6) is 7.22. The van der Waals surface area contributed by atoms with E-state index >= 15 is 0 Å². The topological polar surface area (TPSA) is 95.1 Å². The van der Waals surface area contributed by atoms with E-state index in [0.29, 0.717) is 21.7 Å². The molecule has 1 aromatic heterocycles. The number of carbonyl (C=O) groups is 1. The SMILES string of the molecule is COc1ccc(NC(=O)CSc2nnc(-c3cccc(Cl)c3)n2N)cc1. The van der Waals surface area contributed by atoms with Gasteiger partial charge < -0.3 is 15.9 Å². The van der Waals surface area contributed by atoms with E-state index in [1.807, 2.05) is 12.1 Å². The molecule has 134 valence electrons. The van der Waals surface area contributed by atoms with Gasteiger partial charge in [-0.3, -0.25) is 4.79 Å². The van der Waals surface area contributed by atoms with E-state index in [9.17, 15) is 4.79 Å². The van der Waals surface area contributed by atoms with Crippen molar-refractivity contribution in [3.63, 3.8) is 0 Å². The Labute approximate surface area is 159 Å². The van der Waals surface area contributed by atoms with E-state index < -0.39 is 0 Å². The van der Waals surface area contributed by atoms with Gasteiger partial charge in [-0.15, -0.1) is 10.2 Å². The fourth-order valence-corrected chi connectivity index (χ4v) is 3.05. The van der Waals surface area contributed by atoms with Gasteiger partial charge in [-0.05, 0) is 36.4 Å². The highest BCUT2D eigenvalue weighted by Gasteiger charge is 2.14. The van der Waals surface area contributed by atoms with Crippen LogP contribution in [0.15, 0.2) is 53.7 Å². The third-order valence-electron chi connectivity index (χ3n) is 3.45. The molecule has 0 bridgehead atoms. The van der Waals surface area contributed by atoms with Gasteiger partial charge in [0.25, 0.3) is 0 Å². The summed E-state index contributed by atoms with van der Waals surface area (Å²) >= 11 is 7.18. The summed E-state index contributed by atoms with van der Waals surface area (Å²) in [6.45, 7) is 0. The summed E-state index contributed by atoms with van der Waals surface area (Å²) in [6.07, 6.45) is 0. The third-order valence-corrected chi connectivity index (χ3v) is 4.63. The van der Waals surface area contributed by atoms with Crippen LogP contribution in [0.5, 0.6) is 5.75 Å². The standard InChI is InChI=1S/C17H16ClN5O2S/c1-25-14-7-5-13(6-8-14)20-15(24)10-26-17-22-21-16(23(17)19)11-3-2-4-12(18)9-11/h2-9H,10,19H2,1H3,(H,20,24). The minimum Gasteiger partial charge on any atom is -0.497 e. The second kappa shape index (κ2) is 8.11. The zero-order valence-electron chi connectivity index (χ0n) is 13.8. The number of rotatable bonds is 6. The first kappa shape index (κ1) is 18.1. The van der Waals surface area contributed by atoms with E-state index in [4.69, 9.17) is 22.2 Å². The van der Waals surface area contributed by atoms with E-state index in [1.54, 1.807) is 43.5 Å². The fourth-order valence-electron chi connectivity index (χ4n) is 2.20. The molecule has 0 aliphatic heterocycles. The van der Waals surface area contributed by atoms with Crippen LogP contribution >= 0.6 is 23.4 Å². The second-order valence-electron chi connectivity index (χ2n) is 5.25. The molecule has 0 unspecified atom stereocenters. The van der Waals surface area contributed by atoms with Gasteiger partial charge in [0.05, 0.1) is 12.9 Å². The highest BCUT2D eigenvalue weighted by Crippen LogP contribution is 2.24. The molecule has 9 heteroatoms. The number of nitrogens with two attached hydrogens (primary N) is 1. The number of nitrogen functional groups attached to an aromatic ring is 1. The Morgan fingerprint density at radius 3 is 2.73 bits per heavy atom. The Bertz CT molecular complexity index is 914. The predicted molar refractivity (Wildman–Crippen MR) is 103 cm³/mol. The summed E-state index contributed by atoms with van der Waals surface area (Å²) in [5, 5.41) is 11.9. The maximum atomic E-state index is 12.1. The molecule has 7 nitrogen and oxygen atoms in total. The average molecular weight is 390 g/mol. The molecule has 3 rings (SSSR count). The Morgan fingerprint density at radius 2 is 2.04 bits per heavy atom. The van der Waals surface area contributed by atoms with Crippen LogP contribution in [0.2, 0.25) is 5.02 Å². The van der Waals surface area contributed by atoms with Gasteiger partial charge in [0.15, 0.2) is 5.82 Å². The molecule has 0 spiro atoms. The van der Waals surface area contributed by atoms with Gasteiger partial charge in [-0.2, -0.15) is 0 Å². The van der Waals surface area contributed by atoms with Crippen LogP contribution in [-0.4, -0.2) is 33.6 Å². The summed E-state index contributed by atoms with van der Waals surface area (Å²) in [6, 6.07) is 14.2. The van der Waals surface area contributed by atoms with Crippen molar-refractivity contribution >= 4 is 35.0 Å². The number of ether oxygens (including phenoxy) is 1. The van der Waals surface area contributed by atoms with Gasteiger partial charge in [-0.25, -0.2) is 4.68 Å². The summed E-state index contributed by atoms with van der Waals surface area (Å²) in [5.41, 5.74) is 1.44. The van der Waals surface area contributed by atoms with Crippen LogP contribution in [0.4, 0.5) is 5.69 Å². The van der Waals surface area contributed by atoms with Crippen molar-refractivity contribution in [1.29, 1.82) is 0 Å². The van der Waals surface area contributed by atoms with E-state index in [-0.39, 0.29) is 11.7 Å². The normalized spacial score (nSPS) is 10.5. The molecule has 2 aromatic carbocycles. The van der Waals surface area contributed by atoms with Crippen LogP contribution in [0.3, 0.4) is 0 Å². The molecule has 0 radical (unpaired) electrons. The van der Waals surface area contributed by atoms with E-state index in [2.05, 4.69) is 15.5 Å². The van der Waals surface area contributed by atoms with Crippen LogP contribution in [0, 0.1) is 0 Å². The predicted octanol–water partition coefficient (Wildman–Crippen LogP) is 3.05. The monoisotopic (exact) mass is 389 g/mol. The van der Waals surface area contributed by atoms with Crippen LogP contribution < -0.4 is 15.9 Å². The molecular formula is C17H16ClN5O2S. The first-order valence-corrected chi connectivity index (χ1v) is 8.96. The number of nitrogens with zero attached hydrogens (tertiary/aromatic N) is 3. The molecule has 0 aliphatic carbocycles. The van der Waals surface area contributed by atoms with E-state index in [0.717, 1.165) is 11.3 Å². The van der Waals surface area contributed by atoms with Gasteiger partial charge in [0, 0.05) is 16.3 Å². The maximum absolute atomic E-state index is 12.1. The van der Waals surface area contributed by atoms with E-state index in [1.165, 1.54) is 16.4 Å². The number of thioether (sulfide) groups is 1. The van der Waals surface area contributed by atoms with Crippen molar-refractivity contribution in [2.75, 3.05) is 24.0 Å². The smallest absolute Gasteiger partial charge is 0.234 e. The van der Waals surface area contributed by atoms with Crippen molar-refractivity contribution in [3.8, 4) is 17.1 Å². The number of methoxy groups -OCH3 is 1. The fraction of sp³-hybridized carbons (Fsp3) is 0.118. The molecule has 3 aromatic rings. The molecule has 0 saturated heterocycles. The lowest BCUT2D eigenvalue weighted by Gasteiger charge is -2.06. The number of aromatic nitrogens is 3. The van der Waals surface area contributed by atoms with Gasteiger partial charge in [-0.1, -0.05) is 35.5 Å². The Balaban J connectivity index is 1.61. The Morgan fingerprint density at radius 1 is 1.27 bits per heavy atom. The number of anilines is 1. The van der Waals surface area contributed by atoms with Crippen molar-refractivity contribution in [2.45, 2.75) is 5.16 Å². The van der Waals surface area contributed by atoms with Crippen molar-refractivity contribution in [3.05, 3.63) is 53.6 Å². The Kier molecular flexibility index (Phi) is 5.65. The Hall–Kier alpha value is -2.71. The number of hydrogen-bond donors (Lipinski definition) is 2. The molecule has 1 heterocycles. The number of hydrogen-bond acceptors (Lipinski definition) is 6. The zero-order chi connectivity index (χ0) is 18.5. The van der Waals surface area contributed by atoms with Crippen LogP contribution in [0.25, 0.3) is 11.4 Å². The van der Waals surface area contributed by atoms with Crippen molar-refractivity contribution in [1.82, 2.24) is 14.9 Å². The second-order valence-corrected chi connectivity index (χ2v) is 6.63. The minimum atomic E-state index is -0.174. The lowest BCUT2D eigenvalue weighted by atomic mass is 10.2. The summed E-state index contributed by atoms with van der Waals surface area (Å²) in [4.78, 5) is 12.1. The average Bonchev–Trinajstić information content (AvgIpc) is 3.01. The molecular weight excluding hydrogens is 374 g/mol. The lowest BCUT2D eigenvalue weighted by Crippen LogP contribution is -2.16. The van der Waals surface area contributed by atoms with Crippen molar-refractivity contribution in [2.24, 2.45) is 0 Å². The van der Waals surface area contributed by atoms with Crippen LogP contribution in [-0.2, 0) is 4.79 Å². The molecule has 3 N–H and O–H groups in total. The number of carbonyl (C=O) groups excluding carboxylic acids is 1. The van der Waals surface area contributed by atoms with Gasteiger partial charge in [0.2, 0.25) is 11.1 Å². The number of amides is 1. The number of benzene rings is 2. The highest BCUT2D eigenvalue weighted by atomic mass is 35.5.